The van der Waals surface area contributed by atoms with E-state index in [1.165, 1.54) is 0 Å². The number of amides is 1. The van der Waals surface area contributed by atoms with Crippen LogP contribution in [0.25, 0.3) is 0 Å². The van der Waals surface area contributed by atoms with Gasteiger partial charge in [0.1, 0.15) is 5.75 Å². The van der Waals surface area contributed by atoms with Crippen LogP contribution in [0.2, 0.25) is 0 Å². The van der Waals surface area contributed by atoms with Crippen LogP contribution in [-0.4, -0.2) is 11.0 Å². The summed E-state index contributed by atoms with van der Waals surface area (Å²) in [4.78, 5) is 12.6. The summed E-state index contributed by atoms with van der Waals surface area (Å²) in [6, 6.07) is 21.8. The molecular formula is C29H36N2O2. The molecule has 0 aliphatic heterocycles. The Balaban J connectivity index is 1.66. The maximum Gasteiger partial charge on any atom is 0.224 e. The fourth-order valence-electron chi connectivity index (χ4n) is 3.79. The molecule has 0 saturated carbocycles. The Hall–Kier alpha value is -3.27. The van der Waals surface area contributed by atoms with Gasteiger partial charge in [0.15, 0.2) is 0 Å². The standard InChI is InChI=1S/C29H36N2O2/c1-28(2,3)24-18-20(19-25(27(24)33)29(4,5)6)12-17-26(32)31-23-15-13-22(14-16-23)30-21-10-8-7-9-11-21/h7-11,13-16,18-19,30,33H,12,17H2,1-6H3,(H,31,32). The number of nitrogens with one attached hydrogen (secondary N) is 2. The van der Waals surface area contributed by atoms with Gasteiger partial charge in [-0.05, 0) is 70.3 Å². The summed E-state index contributed by atoms with van der Waals surface area (Å²) in [5, 5.41) is 17.2. The molecule has 33 heavy (non-hydrogen) atoms. The van der Waals surface area contributed by atoms with Gasteiger partial charge in [0.05, 0.1) is 0 Å². The third kappa shape index (κ3) is 6.61. The Morgan fingerprint density at radius 3 is 1.76 bits per heavy atom. The van der Waals surface area contributed by atoms with E-state index in [2.05, 4.69) is 52.2 Å². The fourth-order valence-corrected chi connectivity index (χ4v) is 3.79. The maximum absolute atomic E-state index is 12.6. The monoisotopic (exact) mass is 444 g/mol. The minimum absolute atomic E-state index is 0.0264. The van der Waals surface area contributed by atoms with E-state index in [0.29, 0.717) is 18.6 Å². The van der Waals surface area contributed by atoms with Crippen LogP contribution in [0, 0.1) is 0 Å². The quantitative estimate of drug-likeness (QED) is 0.374. The second-order valence-electron chi connectivity index (χ2n) is 10.7. The minimum Gasteiger partial charge on any atom is -0.507 e. The number of rotatable bonds is 6. The molecule has 0 spiro atoms. The molecule has 3 rings (SSSR count). The van der Waals surface area contributed by atoms with Gasteiger partial charge in [-0.15, -0.1) is 0 Å². The molecule has 4 nitrogen and oxygen atoms in total. The highest BCUT2D eigenvalue weighted by Gasteiger charge is 2.26. The van der Waals surface area contributed by atoms with Gasteiger partial charge < -0.3 is 15.7 Å². The van der Waals surface area contributed by atoms with Crippen molar-refractivity contribution in [1.29, 1.82) is 0 Å². The van der Waals surface area contributed by atoms with Gasteiger partial charge in [-0.3, -0.25) is 4.79 Å². The van der Waals surface area contributed by atoms with Gasteiger partial charge >= 0.3 is 0 Å². The van der Waals surface area contributed by atoms with Crippen molar-refractivity contribution in [3.8, 4) is 5.75 Å². The van der Waals surface area contributed by atoms with E-state index in [1.807, 2.05) is 66.7 Å². The van der Waals surface area contributed by atoms with E-state index >= 15 is 0 Å². The average Bonchev–Trinajstić information content (AvgIpc) is 2.73. The molecule has 3 N–H and O–H groups in total. The predicted octanol–water partition coefficient (Wildman–Crippen LogP) is 7.30. The molecule has 0 aliphatic carbocycles. The van der Waals surface area contributed by atoms with E-state index in [-0.39, 0.29) is 16.7 Å². The summed E-state index contributed by atoms with van der Waals surface area (Å²) >= 11 is 0. The van der Waals surface area contributed by atoms with Crippen LogP contribution in [-0.2, 0) is 22.0 Å². The summed E-state index contributed by atoms with van der Waals surface area (Å²) < 4.78 is 0. The molecule has 1 amide bonds. The first kappa shape index (κ1) is 24.4. The number of para-hydroxylation sites is 1. The van der Waals surface area contributed by atoms with Crippen LogP contribution < -0.4 is 10.6 Å². The summed E-state index contributed by atoms with van der Waals surface area (Å²) in [5.41, 5.74) is 5.31. The fraction of sp³-hybridized carbons (Fsp3) is 0.345. The van der Waals surface area contributed by atoms with Crippen molar-refractivity contribution in [2.45, 2.75) is 65.2 Å². The number of phenols is 1. The van der Waals surface area contributed by atoms with Crippen LogP contribution in [0.3, 0.4) is 0 Å². The summed E-state index contributed by atoms with van der Waals surface area (Å²) in [6.45, 7) is 12.6. The van der Waals surface area contributed by atoms with Crippen molar-refractivity contribution in [2.24, 2.45) is 0 Å². The summed E-state index contributed by atoms with van der Waals surface area (Å²) in [7, 11) is 0. The van der Waals surface area contributed by atoms with Crippen molar-refractivity contribution >= 4 is 23.0 Å². The Kier molecular flexibility index (Phi) is 7.16. The van der Waals surface area contributed by atoms with Gasteiger partial charge in [0, 0.05) is 23.5 Å². The Morgan fingerprint density at radius 1 is 0.758 bits per heavy atom. The largest absolute Gasteiger partial charge is 0.507 e. The van der Waals surface area contributed by atoms with Crippen LogP contribution in [0.5, 0.6) is 5.75 Å². The number of hydrogen-bond acceptors (Lipinski definition) is 3. The molecule has 0 radical (unpaired) electrons. The lowest BCUT2D eigenvalue weighted by molar-refractivity contribution is -0.116. The van der Waals surface area contributed by atoms with Gasteiger partial charge in [-0.2, -0.15) is 0 Å². The molecule has 0 atom stereocenters. The molecule has 0 saturated heterocycles. The third-order valence-electron chi connectivity index (χ3n) is 5.66. The van der Waals surface area contributed by atoms with Crippen molar-refractivity contribution < 1.29 is 9.90 Å². The van der Waals surface area contributed by atoms with E-state index < -0.39 is 0 Å². The first-order chi connectivity index (χ1) is 15.4. The number of anilines is 3. The number of carbonyl (C=O) groups excluding carboxylic acids is 1. The van der Waals surface area contributed by atoms with Crippen molar-refractivity contribution in [2.75, 3.05) is 10.6 Å². The van der Waals surface area contributed by atoms with Gasteiger partial charge in [0.25, 0.3) is 0 Å². The highest BCUT2D eigenvalue weighted by molar-refractivity contribution is 5.91. The Bertz CT molecular complexity index is 1050. The average molecular weight is 445 g/mol. The minimum atomic E-state index is -0.183. The number of phenolic OH excluding ortho intramolecular Hbond substituents is 1. The third-order valence-corrected chi connectivity index (χ3v) is 5.66. The van der Waals surface area contributed by atoms with Crippen molar-refractivity contribution in [1.82, 2.24) is 0 Å². The van der Waals surface area contributed by atoms with Crippen LogP contribution in [0.15, 0.2) is 66.7 Å². The SMILES string of the molecule is CC(C)(C)c1cc(CCC(=O)Nc2ccc(Nc3ccccc3)cc2)cc(C(C)(C)C)c1O. The summed E-state index contributed by atoms with van der Waals surface area (Å²) in [5.74, 6) is 0.342. The number of benzene rings is 3. The molecular weight excluding hydrogens is 408 g/mol. The van der Waals surface area contributed by atoms with E-state index in [4.69, 9.17) is 0 Å². The molecule has 0 unspecified atom stereocenters. The molecule has 0 bridgehead atoms. The van der Waals surface area contributed by atoms with Crippen LogP contribution in [0.1, 0.15) is 64.7 Å². The number of carbonyl (C=O) groups is 1. The normalized spacial score (nSPS) is 11.8. The molecule has 3 aromatic rings. The number of hydrogen-bond donors (Lipinski definition) is 3. The van der Waals surface area contributed by atoms with Gasteiger partial charge in [-0.1, -0.05) is 71.9 Å². The van der Waals surface area contributed by atoms with Crippen LogP contribution >= 0.6 is 0 Å². The molecule has 0 aliphatic rings. The first-order valence-corrected chi connectivity index (χ1v) is 11.5. The molecule has 0 fully saturated rings. The second-order valence-corrected chi connectivity index (χ2v) is 10.7. The highest BCUT2D eigenvalue weighted by Crippen LogP contribution is 2.40. The predicted molar refractivity (Wildman–Crippen MR) is 139 cm³/mol. The lowest BCUT2D eigenvalue weighted by Gasteiger charge is -2.28. The molecule has 0 aromatic heterocycles. The first-order valence-electron chi connectivity index (χ1n) is 11.5. The number of aromatic hydroxyl groups is 1. The lowest BCUT2D eigenvalue weighted by Crippen LogP contribution is -2.18. The zero-order valence-corrected chi connectivity index (χ0v) is 20.6. The molecule has 3 aromatic carbocycles. The van der Waals surface area contributed by atoms with E-state index in [0.717, 1.165) is 33.8 Å². The van der Waals surface area contributed by atoms with Gasteiger partial charge in [0.2, 0.25) is 5.91 Å². The van der Waals surface area contributed by atoms with Crippen LogP contribution in [0.4, 0.5) is 17.1 Å². The Morgan fingerprint density at radius 2 is 1.24 bits per heavy atom. The lowest BCUT2D eigenvalue weighted by atomic mass is 9.78. The topological polar surface area (TPSA) is 61.4 Å². The maximum atomic E-state index is 12.6. The van der Waals surface area contributed by atoms with E-state index in [1.54, 1.807) is 0 Å². The van der Waals surface area contributed by atoms with E-state index in [9.17, 15) is 9.90 Å². The highest BCUT2D eigenvalue weighted by atomic mass is 16.3. The number of aryl methyl sites for hydroxylation is 1. The van der Waals surface area contributed by atoms with Crippen molar-refractivity contribution in [3.63, 3.8) is 0 Å². The molecule has 0 heterocycles. The van der Waals surface area contributed by atoms with Gasteiger partial charge in [-0.25, -0.2) is 0 Å². The molecule has 174 valence electrons. The zero-order chi connectivity index (χ0) is 24.2. The summed E-state index contributed by atoms with van der Waals surface area (Å²) in [6.07, 6.45) is 0.994. The zero-order valence-electron chi connectivity index (χ0n) is 20.6. The second kappa shape index (κ2) is 9.70. The Labute approximate surface area is 198 Å². The van der Waals surface area contributed by atoms with Crippen molar-refractivity contribution in [3.05, 3.63) is 83.4 Å². The molecule has 4 heteroatoms. The smallest absolute Gasteiger partial charge is 0.224 e.